The van der Waals surface area contributed by atoms with Gasteiger partial charge in [0, 0.05) is 24.1 Å². The minimum atomic E-state index is -0.0951. The molecule has 1 heterocycles. The zero-order chi connectivity index (χ0) is 13.0. The monoisotopic (exact) mass is 242 g/mol. The fourth-order valence-corrected chi connectivity index (χ4v) is 2.32. The summed E-state index contributed by atoms with van der Waals surface area (Å²) in [5, 5.41) is 0. The molecule has 0 aliphatic carbocycles. The van der Waals surface area contributed by atoms with Crippen LogP contribution in [0.5, 0.6) is 0 Å². The van der Waals surface area contributed by atoms with Crippen LogP contribution in [0, 0.1) is 17.8 Å². The van der Waals surface area contributed by atoms with Crippen molar-refractivity contribution in [1.29, 1.82) is 0 Å². The molecule has 0 aromatic heterocycles. The van der Waals surface area contributed by atoms with E-state index in [0.29, 0.717) is 12.5 Å². The van der Waals surface area contributed by atoms with Crippen LogP contribution in [0.3, 0.4) is 0 Å². The van der Waals surface area contributed by atoms with Gasteiger partial charge < -0.3 is 10.6 Å². The summed E-state index contributed by atoms with van der Waals surface area (Å²) < 4.78 is 0. The topological polar surface area (TPSA) is 46.3 Å². The van der Waals surface area contributed by atoms with Crippen molar-refractivity contribution in [1.82, 2.24) is 4.90 Å². The summed E-state index contributed by atoms with van der Waals surface area (Å²) in [5.74, 6) is 5.94. The van der Waals surface area contributed by atoms with E-state index in [9.17, 15) is 4.79 Å². The Hall–Kier alpha value is -1.79. The van der Waals surface area contributed by atoms with Gasteiger partial charge in [0.05, 0.1) is 0 Å². The van der Waals surface area contributed by atoms with E-state index in [0.717, 1.165) is 18.5 Å². The van der Waals surface area contributed by atoms with Gasteiger partial charge in [0.1, 0.15) is 0 Å². The zero-order valence-electron chi connectivity index (χ0n) is 10.6. The number of likely N-dealkylation sites (tertiary alicyclic amines) is 1. The molecule has 1 aromatic rings. The Morgan fingerprint density at radius 1 is 1.44 bits per heavy atom. The quantitative estimate of drug-likeness (QED) is 0.753. The molecule has 1 aliphatic rings. The van der Waals surface area contributed by atoms with Crippen LogP contribution in [0.1, 0.15) is 18.9 Å². The predicted molar refractivity (Wildman–Crippen MR) is 71.7 cm³/mol. The van der Waals surface area contributed by atoms with Gasteiger partial charge in [-0.05, 0) is 37.9 Å². The molecule has 3 heteroatoms. The van der Waals surface area contributed by atoms with Gasteiger partial charge in [-0.15, -0.1) is 0 Å². The van der Waals surface area contributed by atoms with Crippen LogP contribution < -0.4 is 5.73 Å². The highest BCUT2D eigenvalue weighted by Gasteiger charge is 2.30. The van der Waals surface area contributed by atoms with Crippen LogP contribution in [0.15, 0.2) is 30.3 Å². The molecule has 2 rings (SSSR count). The molecule has 1 saturated heterocycles. The fourth-order valence-electron chi connectivity index (χ4n) is 2.32. The molecule has 1 aromatic carbocycles. The highest BCUT2D eigenvalue weighted by atomic mass is 16.2. The number of carbonyl (C=O) groups is 1. The number of nitrogens with zero attached hydrogens (tertiary/aromatic N) is 1. The molecule has 94 valence electrons. The van der Waals surface area contributed by atoms with Gasteiger partial charge in [0.2, 0.25) is 0 Å². The first-order valence-electron chi connectivity index (χ1n) is 6.28. The molecular weight excluding hydrogens is 224 g/mol. The van der Waals surface area contributed by atoms with Gasteiger partial charge in [-0.25, -0.2) is 0 Å². The number of hydrogen-bond acceptors (Lipinski definition) is 2. The largest absolute Gasteiger partial charge is 0.330 e. The molecule has 2 unspecified atom stereocenters. The second-order valence-electron chi connectivity index (χ2n) is 4.76. The van der Waals surface area contributed by atoms with Gasteiger partial charge in [0.25, 0.3) is 5.91 Å². The van der Waals surface area contributed by atoms with E-state index >= 15 is 0 Å². The van der Waals surface area contributed by atoms with E-state index in [1.807, 2.05) is 35.2 Å². The molecule has 0 bridgehead atoms. The zero-order valence-corrected chi connectivity index (χ0v) is 10.6. The van der Waals surface area contributed by atoms with Crippen molar-refractivity contribution in [2.24, 2.45) is 11.7 Å². The lowest BCUT2D eigenvalue weighted by Gasteiger charge is -2.17. The van der Waals surface area contributed by atoms with Crippen molar-refractivity contribution >= 4 is 5.91 Å². The molecule has 2 atom stereocenters. The number of benzene rings is 1. The Kier molecular flexibility index (Phi) is 4.01. The Bertz CT molecular complexity index is 472. The first-order valence-corrected chi connectivity index (χ1v) is 6.28. The van der Waals surface area contributed by atoms with Gasteiger partial charge in [0.15, 0.2) is 0 Å². The molecule has 0 saturated carbocycles. The molecule has 1 fully saturated rings. The van der Waals surface area contributed by atoms with Crippen LogP contribution in [-0.4, -0.2) is 29.9 Å². The van der Waals surface area contributed by atoms with Crippen LogP contribution >= 0.6 is 0 Å². The molecule has 0 spiro atoms. The third-order valence-corrected chi connectivity index (χ3v) is 3.34. The first-order chi connectivity index (χ1) is 8.70. The van der Waals surface area contributed by atoms with Crippen LogP contribution in [0.2, 0.25) is 0 Å². The molecule has 18 heavy (non-hydrogen) atoms. The maximum Gasteiger partial charge on any atom is 0.299 e. The summed E-state index contributed by atoms with van der Waals surface area (Å²) in [6, 6.07) is 9.80. The van der Waals surface area contributed by atoms with E-state index in [-0.39, 0.29) is 11.9 Å². The average molecular weight is 242 g/mol. The Morgan fingerprint density at radius 3 is 2.78 bits per heavy atom. The minimum absolute atomic E-state index is 0.0951. The highest BCUT2D eigenvalue weighted by Crippen LogP contribution is 2.21. The van der Waals surface area contributed by atoms with Crippen molar-refractivity contribution < 1.29 is 4.79 Å². The lowest BCUT2D eigenvalue weighted by molar-refractivity contribution is -0.125. The maximum absolute atomic E-state index is 12.0. The average Bonchev–Trinajstić information content (AvgIpc) is 2.78. The second kappa shape index (κ2) is 5.70. The van der Waals surface area contributed by atoms with Crippen LogP contribution in [-0.2, 0) is 4.79 Å². The number of hydrogen-bond donors (Lipinski definition) is 1. The third-order valence-electron chi connectivity index (χ3n) is 3.34. The molecule has 3 nitrogen and oxygen atoms in total. The fraction of sp³-hybridized carbons (Fsp3) is 0.400. The van der Waals surface area contributed by atoms with Crippen LogP contribution in [0.4, 0.5) is 0 Å². The van der Waals surface area contributed by atoms with Crippen molar-refractivity contribution in [2.45, 2.75) is 19.4 Å². The smallest absolute Gasteiger partial charge is 0.299 e. The van der Waals surface area contributed by atoms with E-state index in [2.05, 4.69) is 18.8 Å². The number of amides is 1. The van der Waals surface area contributed by atoms with Crippen molar-refractivity contribution in [3.8, 4) is 11.8 Å². The SMILES string of the molecule is CC1CC(CN)CN1C(=O)C#Cc1ccccc1. The molecular formula is C15H18N2O. The number of carbonyl (C=O) groups excluding carboxylic acids is 1. The summed E-state index contributed by atoms with van der Waals surface area (Å²) in [6.45, 7) is 3.43. The summed E-state index contributed by atoms with van der Waals surface area (Å²) in [4.78, 5) is 13.8. The number of rotatable bonds is 1. The van der Waals surface area contributed by atoms with Gasteiger partial charge >= 0.3 is 0 Å². The number of nitrogens with two attached hydrogens (primary N) is 1. The van der Waals surface area contributed by atoms with Gasteiger partial charge in [-0.2, -0.15) is 0 Å². The molecule has 0 radical (unpaired) electrons. The van der Waals surface area contributed by atoms with E-state index in [1.165, 1.54) is 0 Å². The molecule has 2 N–H and O–H groups in total. The van der Waals surface area contributed by atoms with Gasteiger partial charge in [-0.3, -0.25) is 4.79 Å². The summed E-state index contributed by atoms with van der Waals surface area (Å²) in [6.07, 6.45) is 0.981. The Morgan fingerprint density at radius 2 is 2.17 bits per heavy atom. The van der Waals surface area contributed by atoms with Gasteiger partial charge in [-0.1, -0.05) is 24.1 Å². The molecule has 1 amide bonds. The van der Waals surface area contributed by atoms with Crippen molar-refractivity contribution in [3.63, 3.8) is 0 Å². The summed E-state index contributed by atoms with van der Waals surface area (Å²) in [7, 11) is 0. The normalized spacial score (nSPS) is 22.4. The predicted octanol–water partition coefficient (Wildman–Crippen LogP) is 1.23. The lowest BCUT2D eigenvalue weighted by Crippen LogP contribution is -2.33. The highest BCUT2D eigenvalue weighted by molar-refractivity contribution is 5.94. The summed E-state index contributed by atoms with van der Waals surface area (Å²) >= 11 is 0. The maximum atomic E-state index is 12.0. The van der Waals surface area contributed by atoms with E-state index in [4.69, 9.17) is 5.73 Å². The standard InChI is InChI=1S/C15H18N2O/c1-12-9-14(10-16)11-17(12)15(18)8-7-13-5-3-2-4-6-13/h2-6,12,14H,9-11,16H2,1H3. The van der Waals surface area contributed by atoms with E-state index in [1.54, 1.807) is 0 Å². The molecule has 1 aliphatic heterocycles. The van der Waals surface area contributed by atoms with Crippen LogP contribution in [0.25, 0.3) is 0 Å². The Balaban J connectivity index is 2.03. The lowest BCUT2D eigenvalue weighted by atomic mass is 10.1. The van der Waals surface area contributed by atoms with Crippen molar-refractivity contribution in [2.75, 3.05) is 13.1 Å². The summed E-state index contributed by atoms with van der Waals surface area (Å²) in [5.41, 5.74) is 6.52. The van der Waals surface area contributed by atoms with Crippen molar-refractivity contribution in [3.05, 3.63) is 35.9 Å². The Labute approximate surface area is 108 Å². The van der Waals surface area contributed by atoms with E-state index < -0.39 is 0 Å². The minimum Gasteiger partial charge on any atom is -0.330 e. The first kappa shape index (κ1) is 12.7. The third kappa shape index (κ3) is 2.91. The second-order valence-corrected chi connectivity index (χ2v) is 4.76.